The molecule has 1 aliphatic rings. The Morgan fingerprint density at radius 3 is 2.68 bits per heavy atom. The zero-order chi connectivity index (χ0) is 14.2. The average Bonchev–Trinajstić information content (AvgIpc) is 2.78. The number of methoxy groups -OCH3 is 1. The molecule has 0 saturated carbocycles. The summed E-state index contributed by atoms with van der Waals surface area (Å²) in [4.78, 5) is 10.8. The van der Waals surface area contributed by atoms with Gasteiger partial charge in [0.25, 0.3) is 0 Å². The summed E-state index contributed by atoms with van der Waals surface area (Å²) in [6.07, 6.45) is 0.120. The van der Waals surface area contributed by atoms with Crippen LogP contribution in [-0.2, 0) is 4.79 Å². The van der Waals surface area contributed by atoms with Crippen LogP contribution in [0.25, 0.3) is 0 Å². The number of rotatable bonds is 3. The molecule has 1 aromatic rings. The summed E-state index contributed by atoms with van der Waals surface area (Å²) in [6, 6.07) is -0.0699. The van der Waals surface area contributed by atoms with Crippen LogP contribution in [-0.4, -0.2) is 29.8 Å². The fraction of sp³-hybridized carbons (Fsp3) is 0.417. The first-order valence-electron chi connectivity index (χ1n) is 5.66. The second kappa shape index (κ2) is 5.00. The fourth-order valence-corrected chi connectivity index (χ4v) is 2.27. The Morgan fingerprint density at radius 1 is 1.47 bits per heavy atom. The summed E-state index contributed by atoms with van der Waals surface area (Å²) in [6.45, 7) is 0.165. The highest BCUT2D eigenvalue weighted by Gasteiger charge is 2.34. The molecule has 2 rings (SSSR count). The lowest BCUT2D eigenvalue weighted by Crippen LogP contribution is -2.18. The Kier molecular flexibility index (Phi) is 3.57. The molecule has 1 fully saturated rings. The van der Waals surface area contributed by atoms with E-state index >= 15 is 0 Å². The summed E-state index contributed by atoms with van der Waals surface area (Å²) in [7, 11) is 1.15. The lowest BCUT2D eigenvalue weighted by Gasteiger charge is -2.16. The van der Waals surface area contributed by atoms with Crippen molar-refractivity contribution in [3.05, 3.63) is 23.3 Å². The third-order valence-corrected chi connectivity index (χ3v) is 3.23. The maximum absolute atomic E-state index is 13.8. The molecule has 0 bridgehead atoms. The maximum atomic E-state index is 13.8. The third-order valence-electron chi connectivity index (χ3n) is 3.23. The fourth-order valence-electron chi connectivity index (χ4n) is 2.27. The quantitative estimate of drug-likeness (QED) is 0.776. The minimum atomic E-state index is -1.01. The van der Waals surface area contributed by atoms with E-state index in [0.717, 1.165) is 7.11 Å². The number of phenolic OH excluding ortho intramolecular Hbond substituents is 1. The summed E-state index contributed by atoms with van der Waals surface area (Å²) in [5, 5.41) is 21.5. The minimum absolute atomic E-state index is 0.120. The third kappa shape index (κ3) is 2.33. The Labute approximate surface area is 107 Å². The van der Waals surface area contributed by atoms with Crippen molar-refractivity contribution in [2.75, 3.05) is 13.7 Å². The number of hydrogen-bond donors (Lipinski definition) is 3. The number of aromatic hydroxyl groups is 1. The van der Waals surface area contributed by atoms with E-state index in [1.165, 1.54) is 0 Å². The number of benzene rings is 1. The van der Waals surface area contributed by atoms with E-state index in [1.807, 2.05) is 0 Å². The van der Waals surface area contributed by atoms with Gasteiger partial charge >= 0.3 is 5.97 Å². The van der Waals surface area contributed by atoms with E-state index in [0.29, 0.717) is 6.07 Å². The molecule has 5 nitrogen and oxygen atoms in total. The van der Waals surface area contributed by atoms with Crippen LogP contribution in [0.3, 0.4) is 0 Å². The lowest BCUT2D eigenvalue weighted by molar-refractivity contribution is -0.141. The number of halogens is 2. The number of aliphatic carboxylic acids is 1. The van der Waals surface area contributed by atoms with E-state index in [2.05, 4.69) is 10.1 Å². The normalized spacial score (nSPS) is 22.5. The van der Waals surface area contributed by atoms with Crippen molar-refractivity contribution < 1.29 is 28.5 Å². The van der Waals surface area contributed by atoms with Crippen molar-refractivity contribution in [2.24, 2.45) is 5.92 Å². The summed E-state index contributed by atoms with van der Waals surface area (Å²) >= 11 is 0. The highest BCUT2D eigenvalue weighted by atomic mass is 19.1. The van der Waals surface area contributed by atoms with Gasteiger partial charge in [-0.05, 0) is 6.42 Å². The summed E-state index contributed by atoms with van der Waals surface area (Å²) in [5.74, 6) is -4.68. The average molecular weight is 273 g/mol. The molecular weight excluding hydrogens is 260 g/mol. The van der Waals surface area contributed by atoms with Crippen LogP contribution in [0.1, 0.15) is 18.0 Å². The number of ether oxygens (including phenoxy) is 1. The van der Waals surface area contributed by atoms with Gasteiger partial charge in [0.1, 0.15) is 5.82 Å². The minimum Gasteiger partial charge on any atom is -0.504 e. The molecule has 104 valence electrons. The van der Waals surface area contributed by atoms with Crippen molar-refractivity contribution in [3.63, 3.8) is 0 Å². The van der Waals surface area contributed by atoms with Crippen LogP contribution < -0.4 is 10.1 Å². The lowest BCUT2D eigenvalue weighted by atomic mass is 9.98. The first-order chi connectivity index (χ1) is 8.95. The van der Waals surface area contributed by atoms with Gasteiger partial charge in [0.05, 0.1) is 18.6 Å². The highest BCUT2D eigenvalue weighted by molar-refractivity contribution is 5.71. The predicted molar refractivity (Wildman–Crippen MR) is 61.1 cm³/mol. The van der Waals surface area contributed by atoms with Crippen LogP contribution >= 0.6 is 0 Å². The molecule has 3 N–H and O–H groups in total. The molecule has 0 radical (unpaired) electrons. The summed E-state index contributed by atoms with van der Waals surface area (Å²) < 4.78 is 31.8. The first kappa shape index (κ1) is 13.5. The Hall–Kier alpha value is -1.89. The monoisotopic (exact) mass is 273 g/mol. The number of carboxylic acids is 1. The molecule has 19 heavy (non-hydrogen) atoms. The van der Waals surface area contributed by atoms with E-state index < -0.39 is 41.1 Å². The van der Waals surface area contributed by atoms with E-state index in [9.17, 15) is 18.7 Å². The van der Waals surface area contributed by atoms with Crippen molar-refractivity contribution in [3.8, 4) is 11.5 Å². The van der Waals surface area contributed by atoms with Gasteiger partial charge in [-0.2, -0.15) is 0 Å². The Balaban J connectivity index is 2.38. The largest absolute Gasteiger partial charge is 0.504 e. The SMILES string of the molecule is COc1c(F)cc(F)c(C2CC(C(=O)O)CN2)c1O. The van der Waals surface area contributed by atoms with Gasteiger partial charge in [-0.3, -0.25) is 4.79 Å². The van der Waals surface area contributed by atoms with Crippen molar-refractivity contribution >= 4 is 5.97 Å². The van der Waals surface area contributed by atoms with Crippen LogP contribution in [0.2, 0.25) is 0 Å². The number of nitrogens with one attached hydrogen (secondary N) is 1. The van der Waals surface area contributed by atoms with Gasteiger partial charge in [0.2, 0.25) is 0 Å². The standard InChI is InChI=1S/C12H13F2NO4/c1-19-11-7(14)3-6(13)9(10(11)16)8-2-5(4-15-8)12(17)18/h3,5,8,15-16H,2,4H2,1H3,(H,17,18). The number of hydrogen-bond acceptors (Lipinski definition) is 4. The van der Waals surface area contributed by atoms with Gasteiger partial charge in [-0.15, -0.1) is 0 Å². The molecule has 1 heterocycles. The first-order valence-corrected chi connectivity index (χ1v) is 5.66. The molecule has 0 spiro atoms. The van der Waals surface area contributed by atoms with Gasteiger partial charge < -0.3 is 20.3 Å². The summed E-state index contributed by atoms with van der Waals surface area (Å²) in [5.41, 5.74) is -0.165. The molecular formula is C12H13F2NO4. The zero-order valence-corrected chi connectivity index (χ0v) is 10.1. The van der Waals surface area contributed by atoms with Gasteiger partial charge in [0, 0.05) is 18.7 Å². The van der Waals surface area contributed by atoms with E-state index in [-0.39, 0.29) is 18.5 Å². The molecule has 0 amide bonds. The Morgan fingerprint density at radius 2 is 2.16 bits per heavy atom. The topological polar surface area (TPSA) is 78.8 Å². The van der Waals surface area contributed by atoms with Crippen LogP contribution in [0.15, 0.2) is 6.07 Å². The van der Waals surface area contributed by atoms with Crippen LogP contribution in [0, 0.1) is 17.6 Å². The Bertz CT molecular complexity index is 521. The van der Waals surface area contributed by atoms with Crippen molar-refractivity contribution in [2.45, 2.75) is 12.5 Å². The molecule has 1 aliphatic heterocycles. The van der Waals surface area contributed by atoms with Crippen LogP contribution in [0.5, 0.6) is 11.5 Å². The van der Waals surface area contributed by atoms with E-state index in [1.54, 1.807) is 0 Å². The number of phenols is 1. The predicted octanol–water partition coefficient (Wildman–Crippen LogP) is 1.41. The van der Waals surface area contributed by atoms with Crippen LogP contribution in [0.4, 0.5) is 8.78 Å². The number of carbonyl (C=O) groups is 1. The van der Waals surface area contributed by atoms with Gasteiger partial charge in [-0.25, -0.2) is 8.78 Å². The molecule has 2 atom stereocenters. The van der Waals surface area contributed by atoms with Crippen molar-refractivity contribution in [1.82, 2.24) is 5.32 Å². The van der Waals surface area contributed by atoms with E-state index in [4.69, 9.17) is 5.11 Å². The molecule has 0 aliphatic carbocycles. The molecule has 1 aromatic carbocycles. The molecule has 7 heteroatoms. The second-order valence-corrected chi connectivity index (χ2v) is 4.37. The molecule has 0 aromatic heterocycles. The molecule has 1 saturated heterocycles. The smallest absolute Gasteiger partial charge is 0.307 e. The zero-order valence-electron chi connectivity index (χ0n) is 10.1. The molecule has 2 unspecified atom stereocenters. The van der Waals surface area contributed by atoms with Gasteiger partial charge in [-0.1, -0.05) is 0 Å². The van der Waals surface area contributed by atoms with Crippen molar-refractivity contribution in [1.29, 1.82) is 0 Å². The highest BCUT2D eigenvalue weighted by Crippen LogP contribution is 2.41. The number of carboxylic acid groups (broad SMARTS) is 1. The maximum Gasteiger partial charge on any atom is 0.307 e. The van der Waals surface area contributed by atoms with Gasteiger partial charge in [0.15, 0.2) is 17.3 Å². The second-order valence-electron chi connectivity index (χ2n) is 4.37.